The van der Waals surface area contributed by atoms with E-state index in [9.17, 15) is 9.18 Å². The molecule has 0 aliphatic carbocycles. The predicted octanol–water partition coefficient (Wildman–Crippen LogP) is 8.18. The highest BCUT2D eigenvalue weighted by Crippen LogP contribution is 2.38. The van der Waals surface area contributed by atoms with Gasteiger partial charge in [0.1, 0.15) is 24.2 Å². The van der Waals surface area contributed by atoms with E-state index in [4.69, 9.17) is 21.4 Å². The van der Waals surface area contributed by atoms with Gasteiger partial charge < -0.3 is 15.4 Å². The van der Waals surface area contributed by atoms with Crippen LogP contribution in [0.15, 0.2) is 113 Å². The molecule has 1 aromatic heterocycles. The lowest BCUT2D eigenvalue weighted by atomic mass is 9.95. The number of halogens is 2. The van der Waals surface area contributed by atoms with E-state index < -0.39 is 6.04 Å². The molecule has 0 saturated heterocycles. The Morgan fingerprint density at radius 1 is 1.02 bits per heavy atom. The van der Waals surface area contributed by atoms with Crippen molar-refractivity contribution in [2.45, 2.75) is 37.4 Å². The maximum Gasteiger partial charge on any atom is 0.255 e. The number of carbonyl (C=O) groups excluding carboxylic acids is 1. The van der Waals surface area contributed by atoms with Crippen LogP contribution >= 0.6 is 23.4 Å². The molecule has 222 valence electrons. The van der Waals surface area contributed by atoms with E-state index in [1.165, 1.54) is 17.8 Å². The van der Waals surface area contributed by atoms with Crippen LogP contribution in [0, 0.1) is 12.7 Å². The van der Waals surface area contributed by atoms with Gasteiger partial charge in [0.2, 0.25) is 11.1 Å². The predicted molar refractivity (Wildman–Crippen MR) is 172 cm³/mol. The first-order valence-corrected chi connectivity index (χ1v) is 15.4. The number of benzene rings is 4. The molecule has 44 heavy (non-hydrogen) atoms. The second kappa shape index (κ2) is 13.0. The Balaban J connectivity index is 1.29. The van der Waals surface area contributed by atoms with Gasteiger partial charge in [-0.3, -0.25) is 4.79 Å². The fourth-order valence-electron chi connectivity index (χ4n) is 4.97. The number of amides is 1. The fraction of sp³-hybridized carbons (Fsp3) is 0.147. The highest BCUT2D eigenvalue weighted by atomic mass is 35.5. The summed E-state index contributed by atoms with van der Waals surface area (Å²) in [5.41, 5.74) is 5.30. The van der Waals surface area contributed by atoms with Crippen LogP contribution in [0.3, 0.4) is 0 Å². The number of ether oxygens (including phenoxy) is 1. The van der Waals surface area contributed by atoms with Crippen molar-refractivity contribution in [3.63, 3.8) is 0 Å². The largest absolute Gasteiger partial charge is 0.489 e. The number of hydrogen-bond acceptors (Lipinski definition) is 6. The number of rotatable bonds is 9. The van der Waals surface area contributed by atoms with Crippen molar-refractivity contribution >= 4 is 40.9 Å². The molecule has 1 aliphatic rings. The van der Waals surface area contributed by atoms with Crippen LogP contribution in [0.25, 0.3) is 0 Å². The van der Waals surface area contributed by atoms with Crippen LogP contribution in [0.2, 0.25) is 5.02 Å². The van der Waals surface area contributed by atoms with Crippen LogP contribution in [0.1, 0.15) is 35.2 Å². The molecule has 1 unspecified atom stereocenters. The number of nitrogens with zero attached hydrogens (tertiary/aromatic N) is 3. The molecule has 0 bridgehead atoms. The minimum atomic E-state index is -0.573. The lowest BCUT2D eigenvalue weighted by Crippen LogP contribution is -2.31. The molecule has 4 aromatic carbocycles. The number of aryl methyl sites for hydroxylation is 1. The first-order valence-electron chi connectivity index (χ1n) is 14.0. The summed E-state index contributed by atoms with van der Waals surface area (Å²) < 4.78 is 22.0. The van der Waals surface area contributed by atoms with Crippen LogP contribution in [0.5, 0.6) is 5.75 Å². The standard InChI is InChI=1S/C34H29ClFN5O2S/c1-21-6-5-8-27(18-21)38-32(42)30-22(2)37-33-39-34(44-20-25-7-3-4-9-29(25)36)40-41(33)31(30)24-12-16-28(17-13-24)43-19-23-10-14-26(35)15-11-23/h3-18,31H,19-20H2,1-2H3,(H,38,42)(H,37,39,40). The summed E-state index contributed by atoms with van der Waals surface area (Å²) in [4.78, 5) is 18.5. The summed E-state index contributed by atoms with van der Waals surface area (Å²) in [5, 5.41) is 12.2. The molecule has 0 radical (unpaired) electrons. The summed E-state index contributed by atoms with van der Waals surface area (Å²) in [6, 6.07) is 28.9. The van der Waals surface area contributed by atoms with Crippen molar-refractivity contribution < 1.29 is 13.9 Å². The summed E-state index contributed by atoms with van der Waals surface area (Å²) in [5.74, 6) is 1.03. The van der Waals surface area contributed by atoms with E-state index in [2.05, 4.69) is 15.6 Å². The maximum atomic E-state index is 14.3. The molecule has 5 aromatic rings. The van der Waals surface area contributed by atoms with Gasteiger partial charge in [0.25, 0.3) is 5.91 Å². The number of fused-ring (bicyclic) bond motifs is 1. The van der Waals surface area contributed by atoms with E-state index in [0.29, 0.717) is 56.8 Å². The van der Waals surface area contributed by atoms with Crippen LogP contribution < -0.4 is 15.4 Å². The maximum absolute atomic E-state index is 14.3. The van der Waals surface area contributed by atoms with E-state index in [-0.39, 0.29) is 11.7 Å². The third-order valence-corrected chi connectivity index (χ3v) is 8.32. The van der Waals surface area contributed by atoms with Gasteiger partial charge in [-0.2, -0.15) is 4.98 Å². The topological polar surface area (TPSA) is 81.1 Å². The Hall–Kier alpha value is -4.60. The summed E-state index contributed by atoms with van der Waals surface area (Å²) in [7, 11) is 0. The van der Waals surface area contributed by atoms with E-state index >= 15 is 0 Å². The number of hydrogen-bond donors (Lipinski definition) is 2. The molecule has 0 saturated carbocycles. The average Bonchev–Trinajstić information content (AvgIpc) is 3.42. The van der Waals surface area contributed by atoms with Crippen molar-refractivity contribution in [2.75, 3.05) is 10.6 Å². The first kappa shape index (κ1) is 29.5. The van der Waals surface area contributed by atoms with Gasteiger partial charge in [-0.05, 0) is 78.6 Å². The van der Waals surface area contributed by atoms with Crippen molar-refractivity contribution in [3.8, 4) is 5.75 Å². The second-order valence-corrected chi connectivity index (χ2v) is 11.8. The molecule has 7 nitrogen and oxygen atoms in total. The van der Waals surface area contributed by atoms with Crippen molar-refractivity contribution in [1.29, 1.82) is 0 Å². The van der Waals surface area contributed by atoms with E-state index in [1.54, 1.807) is 22.9 Å². The summed E-state index contributed by atoms with van der Waals surface area (Å²) >= 11 is 7.33. The minimum absolute atomic E-state index is 0.254. The number of aromatic nitrogens is 3. The molecule has 1 atom stereocenters. The van der Waals surface area contributed by atoms with Gasteiger partial charge in [0.15, 0.2) is 0 Å². The van der Waals surface area contributed by atoms with Gasteiger partial charge in [-0.1, -0.05) is 78.0 Å². The molecular formula is C34H29ClFN5O2S. The van der Waals surface area contributed by atoms with Gasteiger partial charge in [-0.25, -0.2) is 9.07 Å². The van der Waals surface area contributed by atoms with Gasteiger partial charge in [0.05, 0.1) is 5.57 Å². The molecular weight excluding hydrogens is 597 g/mol. The zero-order chi connectivity index (χ0) is 30.6. The highest BCUT2D eigenvalue weighted by molar-refractivity contribution is 7.98. The van der Waals surface area contributed by atoms with Crippen LogP contribution in [-0.2, 0) is 17.2 Å². The number of nitrogens with one attached hydrogen (secondary N) is 2. The third-order valence-electron chi connectivity index (χ3n) is 7.18. The SMILES string of the molecule is CC1=C(C(=O)Nc2cccc(C)c2)C(c2ccc(OCc3ccc(Cl)cc3)cc2)n2nc(SCc3ccccc3F)nc2N1. The summed E-state index contributed by atoms with van der Waals surface area (Å²) in [6.07, 6.45) is 0. The van der Waals surface area contributed by atoms with Crippen molar-refractivity contribution in [2.24, 2.45) is 0 Å². The number of allylic oxidation sites excluding steroid dienone is 1. The second-order valence-electron chi connectivity index (χ2n) is 10.4. The lowest BCUT2D eigenvalue weighted by Gasteiger charge is -2.28. The lowest BCUT2D eigenvalue weighted by molar-refractivity contribution is -0.113. The minimum Gasteiger partial charge on any atom is -0.489 e. The average molecular weight is 626 g/mol. The Kier molecular flexibility index (Phi) is 8.67. The monoisotopic (exact) mass is 625 g/mol. The first-order chi connectivity index (χ1) is 21.3. The molecule has 2 heterocycles. The smallest absolute Gasteiger partial charge is 0.255 e. The molecule has 1 amide bonds. The zero-order valence-corrected chi connectivity index (χ0v) is 25.6. The third kappa shape index (κ3) is 6.64. The van der Waals surface area contributed by atoms with Gasteiger partial charge in [-0.15, -0.1) is 5.10 Å². The quantitative estimate of drug-likeness (QED) is 0.161. The molecule has 1 aliphatic heterocycles. The Morgan fingerprint density at radius 3 is 2.55 bits per heavy atom. The number of carbonyl (C=O) groups is 1. The molecule has 6 rings (SSSR count). The normalized spacial score (nSPS) is 14.1. The van der Waals surface area contributed by atoms with Crippen LogP contribution in [0.4, 0.5) is 16.0 Å². The molecule has 10 heteroatoms. The molecule has 2 N–H and O–H groups in total. The molecule has 0 fully saturated rings. The van der Waals surface area contributed by atoms with Gasteiger partial charge >= 0.3 is 0 Å². The Bertz CT molecular complexity index is 1840. The van der Waals surface area contributed by atoms with Crippen molar-refractivity contribution in [3.05, 3.63) is 141 Å². The van der Waals surface area contributed by atoms with E-state index in [1.807, 2.05) is 86.6 Å². The van der Waals surface area contributed by atoms with Gasteiger partial charge in [0, 0.05) is 22.2 Å². The number of anilines is 2. The van der Waals surface area contributed by atoms with E-state index in [0.717, 1.165) is 16.7 Å². The fourth-order valence-corrected chi connectivity index (χ4v) is 5.91. The van der Waals surface area contributed by atoms with Crippen LogP contribution in [-0.4, -0.2) is 20.7 Å². The summed E-state index contributed by atoms with van der Waals surface area (Å²) in [6.45, 7) is 4.22. The number of thioether (sulfide) groups is 1. The Morgan fingerprint density at radius 2 is 1.80 bits per heavy atom. The molecule has 0 spiro atoms. The zero-order valence-electron chi connectivity index (χ0n) is 24.1. The highest BCUT2D eigenvalue weighted by Gasteiger charge is 2.34. The Labute approximate surface area is 264 Å². The van der Waals surface area contributed by atoms with Crippen molar-refractivity contribution in [1.82, 2.24) is 14.8 Å².